The van der Waals surface area contributed by atoms with Gasteiger partial charge in [0.25, 0.3) is 5.56 Å². The van der Waals surface area contributed by atoms with E-state index in [1.165, 1.54) is 16.1 Å². The minimum Gasteiger partial charge on any atom is -0.463 e. The van der Waals surface area contributed by atoms with Gasteiger partial charge in [-0.3, -0.25) is 18.7 Å². The van der Waals surface area contributed by atoms with E-state index in [1.54, 1.807) is 11.6 Å². The molecule has 2 aromatic heterocycles. The van der Waals surface area contributed by atoms with Crippen molar-refractivity contribution >= 4 is 17.1 Å². The number of nitrogens with two attached hydrogens (primary N) is 1. The Bertz CT molecular complexity index is 1180. The number of aryl methyl sites for hydroxylation is 1. The quantitative estimate of drug-likeness (QED) is 0.409. The van der Waals surface area contributed by atoms with E-state index in [2.05, 4.69) is 4.98 Å². The van der Waals surface area contributed by atoms with E-state index in [4.69, 9.17) is 10.5 Å². The number of hydrogen-bond donors (Lipinski definition) is 1. The van der Waals surface area contributed by atoms with Crippen molar-refractivity contribution in [2.45, 2.75) is 58.8 Å². The Morgan fingerprint density at radius 1 is 1.16 bits per heavy atom. The number of hydrogen-bond acceptors (Lipinski definition) is 6. The Morgan fingerprint density at radius 3 is 2.52 bits per heavy atom. The Labute approximate surface area is 180 Å². The van der Waals surface area contributed by atoms with Crippen LogP contribution in [0.5, 0.6) is 0 Å². The van der Waals surface area contributed by atoms with Crippen LogP contribution in [0.25, 0.3) is 11.2 Å². The monoisotopic (exact) mass is 427 g/mol. The molecule has 0 bridgehead atoms. The van der Waals surface area contributed by atoms with Crippen molar-refractivity contribution in [1.29, 1.82) is 0 Å². The van der Waals surface area contributed by atoms with E-state index >= 15 is 0 Å². The molecule has 0 amide bonds. The van der Waals surface area contributed by atoms with Crippen LogP contribution in [0.3, 0.4) is 0 Å². The van der Waals surface area contributed by atoms with Crippen molar-refractivity contribution in [3.05, 3.63) is 62.6 Å². The lowest BCUT2D eigenvalue weighted by Gasteiger charge is -2.13. The summed E-state index contributed by atoms with van der Waals surface area (Å²) in [5.74, 6) is 0.240. The number of nitrogens with zero attached hydrogens (tertiary/aromatic N) is 4. The van der Waals surface area contributed by atoms with Crippen LogP contribution in [0, 0.1) is 0 Å². The zero-order valence-electron chi connectivity index (χ0n) is 18.2. The van der Waals surface area contributed by atoms with E-state index in [1.807, 2.05) is 37.3 Å². The topological polar surface area (TPSA) is 114 Å². The molecule has 1 atom stereocenters. The summed E-state index contributed by atoms with van der Waals surface area (Å²) in [6, 6.07) is 9.73. The summed E-state index contributed by atoms with van der Waals surface area (Å²) in [5, 5.41) is 0. The zero-order valence-corrected chi connectivity index (χ0v) is 18.2. The van der Waals surface area contributed by atoms with Gasteiger partial charge in [0.15, 0.2) is 11.2 Å². The molecule has 0 aliphatic heterocycles. The predicted octanol–water partition coefficient (Wildman–Crippen LogP) is 1.53. The third-order valence-corrected chi connectivity index (χ3v) is 5.29. The molecule has 0 radical (unpaired) electrons. The maximum absolute atomic E-state index is 13.3. The van der Waals surface area contributed by atoms with Crippen molar-refractivity contribution < 1.29 is 9.53 Å². The highest BCUT2D eigenvalue weighted by molar-refractivity contribution is 5.71. The van der Waals surface area contributed by atoms with Crippen LogP contribution in [0.15, 0.2) is 39.9 Å². The lowest BCUT2D eigenvalue weighted by atomic mass is 10.1. The average molecular weight is 428 g/mol. The summed E-state index contributed by atoms with van der Waals surface area (Å²) >= 11 is 0. The Balaban J connectivity index is 1.92. The summed E-state index contributed by atoms with van der Waals surface area (Å²) in [5.41, 5.74) is 6.84. The molecular weight excluding hydrogens is 398 g/mol. The third-order valence-electron chi connectivity index (χ3n) is 5.29. The SMILES string of the molecule is CC(=O)OC(C)CCCCn1c(=O)c2c(nc(CN)n2Cc2ccccc2)n(C)c1=O. The number of rotatable bonds is 9. The summed E-state index contributed by atoms with van der Waals surface area (Å²) in [4.78, 5) is 41.6. The van der Waals surface area contributed by atoms with Gasteiger partial charge in [0, 0.05) is 27.1 Å². The molecule has 2 heterocycles. The summed E-state index contributed by atoms with van der Waals surface area (Å²) in [6.07, 6.45) is 1.81. The second-order valence-electron chi connectivity index (χ2n) is 7.69. The van der Waals surface area contributed by atoms with Gasteiger partial charge in [-0.1, -0.05) is 30.3 Å². The maximum Gasteiger partial charge on any atom is 0.332 e. The van der Waals surface area contributed by atoms with Crippen LogP contribution in [-0.4, -0.2) is 30.8 Å². The van der Waals surface area contributed by atoms with Gasteiger partial charge < -0.3 is 15.0 Å². The number of fused-ring (bicyclic) bond motifs is 1. The van der Waals surface area contributed by atoms with Gasteiger partial charge in [0.05, 0.1) is 12.6 Å². The summed E-state index contributed by atoms with van der Waals surface area (Å²) < 4.78 is 9.57. The summed E-state index contributed by atoms with van der Waals surface area (Å²) in [6.45, 7) is 4.08. The van der Waals surface area contributed by atoms with Crippen molar-refractivity contribution in [3.63, 3.8) is 0 Å². The molecular formula is C22H29N5O4. The summed E-state index contributed by atoms with van der Waals surface area (Å²) in [7, 11) is 1.61. The second-order valence-corrected chi connectivity index (χ2v) is 7.69. The number of carbonyl (C=O) groups excluding carboxylic acids is 1. The zero-order chi connectivity index (χ0) is 22.5. The molecule has 0 spiro atoms. The minimum absolute atomic E-state index is 0.156. The largest absolute Gasteiger partial charge is 0.463 e. The molecule has 0 saturated carbocycles. The third kappa shape index (κ3) is 4.93. The van der Waals surface area contributed by atoms with E-state index in [9.17, 15) is 14.4 Å². The van der Waals surface area contributed by atoms with Gasteiger partial charge in [0.1, 0.15) is 5.82 Å². The van der Waals surface area contributed by atoms with Crippen molar-refractivity contribution in [2.24, 2.45) is 12.8 Å². The highest BCUT2D eigenvalue weighted by Crippen LogP contribution is 2.14. The van der Waals surface area contributed by atoms with E-state index < -0.39 is 5.69 Å². The number of carbonyl (C=O) groups is 1. The van der Waals surface area contributed by atoms with Crippen molar-refractivity contribution in [3.8, 4) is 0 Å². The molecule has 9 heteroatoms. The van der Waals surface area contributed by atoms with Gasteiger partial charge in [-0.15, -0.1) is 0 Å². The molecule has 3 rings (SSSR count). The molecule has 0 aliphatic carbocycles. The van der Waals surface area contributed by atoms with Crippen molar-refractivity contribution in [2.75, 3.05) is 0 Å². The van der Waals surface area contributed by atoms with Crippen LogP contribution in [-0.2, 0) is 36.2 Å². The smallest absolute Gasteiger partial charge is 0.332 e. The molecule has 31 heavy (non-hydrogen) atoms. The maximum atomic E-state index is 13.3. The Kier molecular flexibility index (Phi) is 7.06. The van der Waals surface area contributed by atoms with Gasteiger partial charge >= 0.3 is 11.7 Å². The average Bonchev–Trinajstić information content (AvgIpc) is 3.10. The molecule has 1 aromatic carbocycles. The van der Waals surface area contributed by atoms with Crippen LogP contribution in [0.4, 0.5) is 0 Å². The Hall–Kier alpha value is -3.20. The number of unbranched alkanes of at least 4 members (excludes halogenated alkanes) is 1. The van der Waals surface area contributed by atoms with Crippen molar-refractivity contribution in [1.82, 2.24) is 18.7 Å². The number of imidazole rings is 1. The standard InChI is InChI=1S/C22H29N5O4/c1-15(31-16(2)28)9-7-8-12-26-21(29)19-20(25(3)22(26)30)24-18(13-23)27(19)14-17-10-5-4-6-11-17/h4-6,10-11,15H,7-9,12-14,23H2,1-3H3. The first kappa shape index (κ1) is 22.5. The first-order valence-corrected chi connectivity index (χ1v) is 10.4. The van der Waals surface area contributed by atoms with Gasteiger partial charge in [0.2, 0.25) is 0 Å². The van der Waals surface area contributed by atoms with Crippen LogP contribution < -0.4 is 17.0 Å². The van der Waals surface area contributed by atoms with E-state index in [0.29, 0.717) is 36.4 Å². The molecule has 2 N–H and O–H groups in total. The fourth-order valence-electron chi connectivity index (χ4n) is 3.75. The Morgan fingerprint density at radius 2 is 1.87 bits per heavy atom. The normalized spacial score (nSPS) is 12.3. The van der Waals surface area contributed by atoms with Gasteiger partial charge in [-0.2, -0.15) is 0 Å². The molecule has 1 unspecified atom stereocenters. The fourth-order valence-corrected chi connectivity index (χ4v) is 3.75. The highest BCUT2D eigenvalue weighted by atomic mass is 16.5. The second kappa shape index (κ2) is 9.74. The first-order valence-electron chi connectivity index (χ1n) is 10.4. The molecule has 9 nitrogen and oxygen atoms in total. The molecule has 0 aliphatic rings. The minimum atomic E-state index is -0.404. The van der Waals surface area contributed by atoms with E-state index in [-0.39, 0.29) is 30.7 Å². The van der Waals surface area contributed by atoms with E-state index in [0.717, 1.165) is 12.0 Å². The van der Waals surface area contributed by atoms with Crippen LogP contribution >= 0.6 is 0 Å². The number of esters is 1. The predicted molar refractivity (Wildman–Crippen MR) is 118 cm³/mol. The van der Waals surface area contributed by atoms with Gasteiger partial charge in [-0.05, 0) is 31.7 Å². The molecule has 166 valence electrons. The lowest BCUT2D eigenvalue weighted by molar-refractivity contribution is -0.145. The fraction of sp³-hybridized carbons (Fsp3) is 0.455. The molecule has 0 fully saturated rings. The first-order chi connectivity index (χ1) is 14.8. The number of ether oxygens (including phenoxy) is 1. The van der Waals surface area contributed by atoms with Gasteiger partial charge in [-0.25, -0.2) is 9.78 Å². The number of aromatic nitrogens is 4. The molecule has 3 aromatic rings. The van der Waals surface area contributed by atoms with Crippen LogP contribution in [0.2, 0.25) is 0 Å². The number of benzene rings is 1. The molecule has 0 saturated heterocycles. The van der Waals surface area contributed by atoms with Crippen LogP contribution in [0.1, 0.15) is 44.5 Å². The lowest BCUT2D eigenvalue weighted by Crippen LogP contribution is -2.39. The highest BCUT2D eigenvalue weighted by Gasteiger charge is 2.19.